The van der Waals surface area contributed by atoms with Gasteiger partial charge in [-0.3, -0.25) is 0 Å². The van der Waals surface area contributed by atoms with Gasteiger partial charge >= 0.3 is 6.09 Å². The van der Waals surface area contributed by atoms with Crippen molar-refractivity contribution in [2.45, 2.75) is 4.90 Å². The van der Waals surface area contributed by atoms with Crippen molar-refractivity contribution in [2.75, 3.05) is 7.11 Å². The summed E-state index contributed by atoms with van der Waals surface area (Å²) in [5.74, 6) is 0. The van der Waals surface area contributed by atoms with E-state index in [1.165, 1.54) is 6.07 Å². The summed E-state index contributed by atoms with van der Waals surface area (Å²) in [6, 6.07) is 15.6. The lowest BCUT2D eigenvalue weighted by Crippen LogP contribution is -2.41. The van der Waals surface area contributed by atoms with Crippen LogP contribution in [0.1, 0.15) is 0 Å². The van der Waals surface area contributed by atoms with Gasteiger partial charge in [0, 0.05) is 5.56 Å². The van der Waals surface area contributed by atoms with Crippen molar-refractivity contribution in [2.24, 2.45) is 0 Å². The van der Waals surface area contributed by atoms with Gasteiger partial charge in [0.25, 0.3) is 10.0 Å². The number of carbonyl (C=O) groups excluding carboxylic acids is 1. The van der Waals surface area contributed by atoms with Gasteiger partial charge in [-0.25, -0.2) is 18.6 Å². The van der Waals surface area contributed by atoms with Gasteiger partial charge in [0.2, 0.25) is 0 Å². The Labute approximate surface area is 122 Å². The molecule has 0 radical (unpaired) electrons. The summed E-state index contributed by atoms with van der Waals surface area (Å²) in [5, 5.41) is 0. The number of nitrogens with one attached hydrogen (secondary N) is 2. The van der Waals surface area contributed by atoms with E-state index in [1.807, 2.05) is 40.6 Å². The lowest BCUT2D eigenvalue weighted by Gasteiger charge is -2.11. The van der Waals surface area contributed by atoms with Crippen molar-refractivity contribution < 1.29 is 17.9 Å². The molecule has 0 aromatic heterocycles. The van der Waals surface area contributed by atoms with Crippen LogP contribution in [0, 0.1) is 0 Å². The molecule has 0 saturated carbocycles. The van der Waals surface area contributed by atoms with Crippen LogP contribution in [0.2, 0.25) is 0 Å². The molecule has 2 aromatic rings. The maximum absolute atomic E-state index is 12.3. The van der Waals surface area contributed by atoms with Gasteiger partial charge in [0.15, 0.2) is 0 Å². The van der Waals surface area contributed by atoms with Crippen molar-refractivity contribution in [3.63, 3.8) is 0 Å². The van der Waals surface area contributed by atoms with Gasteiger partial charge in [-0.1, -0.05) is 48.5 Å². The van der Waals surface area contributed by atoms with Crippen LogP contribution in [0.4, 0.5) is 4.79 Å². The van der Waals surface area contributed by atoms with Crippen LogP contribution >= 0.6 is 0 Å². The number of methoxy groups -OCH3 is 1. The van der Waals surface area contributed by atoms with Crippen molar-refractivity contribution in [1.29, 1.82) is 0 Å². The first kappa shape index (κ1) is 15.0. The number of hydrazine groups is 1. The highest BCUT2D eigenvalue weighted by atomic mass is 32.2. The molecule has 21 heavy (non-hydrogen) atoms. The minimum Gasteiger partial charge on any atom is -0.452 e. The molecule has 0 aliphatic rings. The standard InChI is InChI=1S/C14H14N2O4S/c1-20-14(17)15-16-21(18,19)13-10-6-5-9-12(13)11-7-3-2-4-8-11/h2-10,16H,1H3,(H,15,17). The van der Waals surface area contributed by atoms with Crippen molar-refractivity contribution in [1.82, 2.24) is 10.3 Å². The van der Waals surface area contributed by atoms with Gasteiger partial charge < -0.3 is 4.74 Å². The average molecular weight is 306 g/mol. The minimum absolute atomic E-state index is 0.0626. The monoisotopic (exact) mass is 306 g/mol. The van der Waals surface area contributed by atoms with Gasteiger partial charge in [-0.05, 0) is 11.6 Å². The Balaban J connectivity index is 2.38. The summed E-state index contributed by atoms with van der Waals surface area (Å²) in [4.78, 5) is 13.0. The van der Waals surface area contributed by atoms with Crippen molar-refractivity contribution in [3.8, 4) is 11.1 Å². The van der Waals surface area contributed by atoms with Crippen LogP contribution in [-0.2, 0) is 14.8 Å². The lowest BCUT2D eigenvalue weighted by atomic mass is 10.1. The summed E-state index contributed by atoms with van der Waals surface area (Å²) in [6.07, 6.45) is -0.893. The summed E-state index contributed by atoms with van der Waals surface area (Å²) in [5.41, 5.74) is 3.25. The van der Waals surface area contributed by atoms with E-state index in [9.17, 15) is 13.2 Å². The third-order valence-corrected chi connectivity index (χ3v) is 4.04. The molecule has 0 aliphatic heterocycles. The fraction of sp³-hybridized carbons (Fsp3) is 0.0714. The maximum Gasteiger partial charge on any atom is 0.422 e. The molecule has 0 unspecified atom stereocenters. The quantitative estimate of drug-likeness (QED) is 0.845. The van der Waals surface area contributed by atoms with E-state index in [0.29, 0.717) is 5.56 Å². The zero-order chi connectivity index (χ0) is 15.3. The number of hydrogen-bond donors (Lipinski definition) is 2. The molecular formula is C14H14N2O4S. The summed E-state index contributed by atoms with van der Waals surface area (Å²) < 4.78 is 28.8. The third kappa shape index (κ3) is 3.59. The van der Waals surface area contributed by atoms with Gasteiger partial charge in [0.1, 0.15) is 0 Å². The first-order valence-electron chi connectivity index (χ1n) is 6.05. The fourth-order valence-corrected chi connectivity index (χ4v) is 2.83. The highest BCUT2D eigenvalue weighted by molar-refractivity contribution is 7.89. The summed E-state index contributed by atoms with van der Waals surface area (Å²) in [7, 11) is -2.77. The topological polar surface area (TPSA) is 84.5 Å². The van der Waals surface area contributed by atoms with E-state index >= 15 is 0 Å². The third-order valence-electron chi connectivity index (χ3n) is 2.73. The smallest absolute Gasteiger partial charge is 0.422 e. The van der Waals surface area contributed by atoms with E-state index in [4.69, 9.17) is 0 Å². The maximum atomic E-state index is 12.3. The molecule has 0 atom stereocenters. The second-order valence-corrected chi connectivity index (χ2v) is 5.74. The predicted molar refractivity (Wildman–Crippen MR) is 77.7 cm³/mol. The van der Waals surface area contributed by atoms with E-state index < -0.39 is 16.1 Å². The zero-order valence-electron chi connectivity index (χ0n) is 11.2. The Morgan fingerprint density at radius 2 is 1.62 bits per heavy atom. The van der Waals surface area contributed by atoms with Crippen LogP contribution < -0.4 is 10.3 Å². The first-order chi connectivity index (χ1) is 10.0. The van der Waals surface area contributed by atoms with Crippen LogP contribution in [0.15, 0.2) is 59.5 Å². The SMILES string of the molecule is COC(=O)NNS(=O)(=O)c1ccccc1-c1ccccc1. The number of amides is 1. The molecule has 0 fully saturated rings. The van der Waals surface area contributed by atoms with Crippen LogP contribution in [0.3, 0.4) is 0 Å². The van der Waals surface area contributed by atoms with Gasteiger partial charge in [0.05, 0.1) is 12.0 Å². The molecule has 0 aliphatic carbocycles. The van der Waals surface area contributed by atoms with Gasteiger partial charge in [-0.2, -0.15) is 0 Å². The molecule has 1 amide bonds. The first-order valence-corrected chi connectivity index (χ1v) is 7.53. The molecular weight excluding hydrogens is 292 g/mol. The van der Waals surface area contributed by atoms with Crippen molar-refractivity contribution >= 4 is 16.1 Å². The Morgan fingerprint density at radius 1 is 1.00 bits per heavy atom. The Hall–Kier alpha value is -2.38. The highest BCUT2D eigenvalue weighted by Gasteiger charge is 2.19. The van der Waals surface area contributed by atoms with Crippen molar-refractivity contribution in [3.05, 3.63) is 54.6 Å². The molecule has 0 spiro atoms. The largest absolute Gasteiger partial charge is 0.452 e. The zero-order valence-corrected chi connectivity index (χ0v) is 12.1. The Morgan fingerprint density at radius 3 is 2.29 bits per heavy atom. The summed E-state index contributed by atoms with van der Waals surface area (Å²) in [6.45, 7) is 0. The predicted octanol–water partition coefficient (Wildman–Crippen LogP) is 1.90. The average Bonchev–Trinajstić information content (AvgIpc) is 2.53. The number of sulfonamides is 1. The second kappa shape index (κ2) is 6.38. The molecule has 0 heterocycles. The van der Waals surface area contributed by atoms with E-state index in [1.54, 1.807) is 18.2 Å². The second-order valence-electron chi connectivity index (χ2n) is 4.08. The molecule has 2 aromatic carbocycles. The normalized spacial score (nSPS) is 10.9. The number of ether oxygens (including phenoxy) is 1. The van der Waals surface area contributed by atoms with E-state index in [2.05, 4.69) is 4.74 Å². The minimum atomic E-state index is -3.91. The molecule has 0 saturated heterocycles. The Bertz CT molecular complexity index is 730. The van der Waals surface area contributed by atoms with Crippen LogP contribution in [0.5, 0.6) is 0 Å². The lowest BCUT2D eigenvalue weighted by molar-refractivity contribution is 0.169. The van der Waals surface area contributed by atoms with E-state index in [0.717, 1.165) is 12.7 Å². The molecule has 2 N–H and O–H groups in total. The number of carbonyl (C=O) groups is 1. The Kier molecular flexibility index (Phi) is 4.56. The highest BCUT2D eigenvalue weighted by Crippen LogP contribution is 2.26. The fourth-order valence-electron chi connectivity index (χ4n) is 1.77. The summed E-state index contributed by atoms with van der Waals surface area (Å²) >= 11 is 0. The number of hydrogen-bond acceptors (Lipinski definition) is 4. The number of rotatable bonds is 4. The van der Waals surface area contributed by atoms with Crippen LogP contribution in [0.25, 0.3) is 11.1 Å². The number of benzene rings is 2. The van der Waals surface area contributed by atoms with Gasteiger partial charge in [-0.15, -0.1) is 4.83 Å². The van der Waals surface area contributed by atoms with Crippen LogP contribution in [-0.4, -0.2) is 21.6 Å². The molecule has 0 bridgehead atoms. The molecule has 7 heteroatoms. The van der Waals surface area contributed by atoms with E-state index in [-0.39, 0.29) is 4.90 Å². The molecule has 2 rings (SSSR count). The molecule has 6 nitrogen and oxygen atoms in total. The molecule has 110 valence electrons.